The van der Waals surface area contributed by atoms with Crippen molar-refractivity contribution >= 4 is 60.1 Å². The third-order valence-corrected chi connectivity index (χ3v) is 9.98. The van der Waals surface area contributed by atoms with Crippen LogP contribution in [-0.4, -0.2) is 65.7 Å². The van der Waals surface area contributed by atoms with Crippen molar-refractivity contribution in [1.29, 1.82) is 0 Å². The Balaban J connectivity index is 1.27. The number of methoxy groups -OCH3 is 2. The molecule has 0 bridgehead atoms. The van der Waals surface area contributed by atoms with E-state index in [0.717, 1.165) is 33.5 Å². The van der Waals surface area contributed by atoms with Crippen LogP contribution in [0.5, 0.6) is 23.0 Å². The second kappa shape index (κ2) is 12.8. The first kappa shape index (κ1) is 29.9. The first-order valence-corrected chi connectivity index (χ1v) is 16.5. The van der Waals surface area contributed by atoms with Gasteiger partial charge < -0.3 is 28.4 Å². The highest BCUT2D eigenvalue weighted by molar-refractivity contribution is 8.76. The van der Waals surface area contributed by atoms with Crippen molar-refractivity contribution in [3.05, 3.63) is 64.7 Å². The molecular weight excluding hydrogens is 601 g/mol. The van der Waals surface area contributed by atoms with E-state index in [1.54, 1.807) is 57.5 Å². The molecule has 12 heteroatoms. The number of likely N-dealkylation sites (N-methyl/N-ethyl adjacent to an activating group) is 1. The highest BCUT2D eigenvalue weighted by atomic mass is 33.1. The minimum absolute atomic E-state index is 0.0310. The van der Waals surface area contributed by atoms with Crippen molar-refractivity contribution in [2.24, 2.45) is 0 Å². The smallest absolute Gasteiger partial charge is 0.259 e. The molecule has 1 aliphatic rings. The molecule has 6 rings (SSSR count). The van der Waals surface area contributed by atoms with Gasteiger partial charge in [0.05, 0.1) is 30.6 Å². The zero-order valence-corrected chi connectivity index (χ0v) is 26.5. The van der Waals surface area contributed by atoms with Gasteiger partial charge in [-0.3, -0.25) is 14.6 Å². The van der Waals surface area contributed by atoms with E-state index >= 15 is 0 Å². The van der Waals surface area contributed by atoms with Crippen LogP contribution < -0.4 is 24.5 Å². The van der Waals surface area contributed by atoms with Crippen molar-refractivity contribution < 1.29 is 23.7 Å². The Morgan fingerprint density at radius 1 is 0.977 bits per heavy atom. The standard InChI is InChI=1S/C32H32N4O6S2/c1-19-7-8-29(34-16-19)44-43-11-5-6-30(37)35(2)9-10-36-31-22-14-27-28(42-18-41-27)15-24(22)33-17-23(31)20-12-25(39-3)26(40-4)13-21(20)32(36)38/h7-8,12-17H,5-6,9-11,18H2,1-4H3. The van der Waals surface area contributed by atoms with Crippen LogP contribution in [-0.2, 0) is 11.3 Å². The summed E-state index contributed by atoms with van der Waals surface area (Å²) < 4.78 is 24.0. The predicted octanol–water partition coefficient (Wildman–Crippen LogP) is 5.83. The molecule has 10 nitrogen and oxygen atoms in total. The fourth-order valence-corrected chi connectivity index (χ4v) is 7.20. The van der Waals surface area contributed by atoms with Crippen LogP contribution in [0.1, 0.15) is 18.4 Å². The van der Waals surface area contributed by atoms with Gasteiger partial charge in [-0.15, -0.1) is 0 Å². The molecule has 1 aliphatic heterocycles. The maximum Gasteiger partial charge on any atom is 0.259 e. The average molecular weight is 633 g/mol. The van der Waals surface area contributed by atoms with E-state index in [-0.39, 0.29) is 18.3 Å². The summed E-state index contributed by atoms with van der Waals surface area (Å²) in [7, 11) is 8.19. The number of hydrogen-bond acceptors (Lipinski definition) is 10. The Labute approximate surface area is 262 Å². The highest BCUT2D eigenvalue weighted by Crippen LogP contribution is 2.40. The molecule has 44 heavy (non-hydrogen) atoms. The summed E-state index contributed by atoms with van der Waals surface area (Å²) in [4.78, 5) is 38.0. The van der Waals surface area contributed by atoms with Crippen molar-refractivity contribution in [1.82, 2.24) is 19.4 Å². The predicted molar refractivity (Wildman–Crippen MR) is 174 cm³/mol. The molecule has 0 fully saturated rings. The van der Waals surface area contributed by atoms with Gasteiger partial charge in [-0.2, -0.15) is 0 Å². The highest BCUT2D eigenvalue weighted by Gasteiger charge is 2.21. The number of carbonyl (C=O) groups excluding carboxylic acids is 1. The molecule has 0 radical (unpaired) electrons. The molecule has 1 amide bonds. The molecule has 4 heterocycles. The van der Waals surface area contributed by atoms with E-state index in [1.165, 1.54) is 7.11 Å². The topological polar surface area (TPSA) is 105 Å². The number of hydrogen-bond donors (Lipinski definition) is 0. The van der Waals surface area contributed by atoms with Gasteiger partial charge in [-0.1, -0.05) is 16.9 Å². The minimum Gasteiger partial charge on any atom is -0.493 e. The number of aryl methyl sites for hydroxylation is 1. The number of benzene rings is 2. The molecule has 5 aromatic rings. The third-order valence-electron chi connectivity index (χ3n) is 7.62. The monoisotopic (exact) mass is 632 g/mol. The maximum absolute atomic E-state index is 14.1. The number of nitrogens with zero attached hydrogens (tertiary/aromatic N) is 4. The molecule has 0 saturated heterocycles. The Hall–Kier alpha value is -4.16. The van der Waals surface area contributed by atoms with E-state index in [4.69, 9.17) is 23.9 Å². The summed E-state index contributed by atoms with van der Waals surface area (Å²) in [6.45, 7) is 2.79. The van der Waals surface area contributed by atoms with E-state index in [2.05, 4.69) is 4.98 Å². The Bertz CT molecular complexity index is 1930. The van der Waals surface area contributed by atoms with Crippen molar-refractivity contribution in [3.8, 4) is 23.0 Å². The first-order chi connectivity index (χ1) is 21.4. The molecule has 228 valence electrons. The summed E-state index contributed by atoms with van der Waals surface area (Å²) in [5, 5.41) is 3.67. The Kier molecular flexibility index (Phi) is 8.72. The van der Waals surface area contributed by atoms with Crippen LogP contribution in [0.3, 0.4) is 0 Å². The van der Waals surface area contributed by atoms with E-state index in [9.17, 15) is 9.59 Å². The first-order valence-electron chi connectivity index (χ1n) is 14.1. The molecule has 0 unspecified atom stereocenters. The van der Waals surface area contributed by atoms with Gasteiger partial charge in [-0.25, -0.2) is 4.98 Å². The number of aromatic nitrogens is 3. The van der Waals surface area contributed by atoms with Gasteiger partial charge in [0.2, 0.25) is 12.7 Å². The lowest BCUT2D eigenvalue weighted by Gasteiger charge is -2.21. The van der Waals surface area contributed by atoms with Gasteiger partial charge in [-0.05, 0) is 54.0 Å². The lowest BCUT2D eigenvalue weighted by Crippen LogP contribution is -2.33. The van der Waals surface area contributed by atoms with E-state index in [0.29, 0.717) is 64.3 Å². The lowest BCUT2D eigenvalue weighted by molar-refractivity contribution is -0.130. The molecule has 0 spiro atoms. The van der Waals surface area contributed by atoms with E-state index < -0.39 is 0 Å². The fraction of sp³-hybridized carbons (Fsp3) is 0.312. The number of amides is 1. The number of fused-ring (bicyclic) bond motifs is 6. The van der Waals surface area contributed by atoms with Gasteiger partial charge >= 0.3 is 0 Å². The zero-order valence-electron chi connectivity index (χ0n) is 24.9. The summed E-state index contributed by atoms with van der Waals surface area (Å²) in [6.07, 6.45) is 4.79. The van der Waals surface area contributed by atoms with Gasteiger partial charge in [0.15, 0.2) is 23.0 Å². The third kappa shape index (κ3) is 5.83. The van der Waals surface area contributed by atoms with Crippen LogP contribution >= 0.6 is 21.6 Å². The number of rotatable bonds is 11. The molecule has 0 aliphatic carbocycles. The van der Waals surface area contributed by atoms with Crippen LogP contribution in [0.2, 0.25) is 0 Å². The zero-order chi connectivity index (χ0) is 30.8. The van der Waals surface area contributed by atoms with Gasteiger partial charge in [0, 0.05) is 66.9 Å². The van der Waals surface area contributed by atoms with Crippen LogP contribution in [0.15, 0.2) is 58.6 Å². The molecular formula is C32H32N4O6S2. The van der Waals surface area contributed by atoms with Gasteiger partial charge in [0.1, 0.15) is 5.03 Å². The fourth-order valence-electron chi connectivity index (χ4n) is 5.25. The SMILES string of the molecule is COc1cc2c(=O)n(CCN(C)C(=O)CCCSSc3ccc(C)cn3)c3c4cc5c(cc4ncc3c2cc1OC)OCO5. The molecule has 0 atom stereocenters. The lowest BCUT2D eigenvalue weighted by atomic mass is 10.0. The largest absolute Gasteiger partial charge is 0.493 e. The van der Waals surface area contributed by atoms with Crippen LogP contribution in [0.4, 0.5) is 0 Å². The summed E-state index contributed by atoms with van der Waals surface area (Å²) in [5.74, 6) is 3.04. The van der Waals surface area contributed by atoms with Crippen molar-refractivity contribution in [2.45, 2.75) is 31.3 Å². The molecule has 3 aromatic heterocycles. The normalized spacial score (nSPS) is 12.3. The van der Waals surface area contributed by atoms with Crippen LogP contribution in [0, 0.1) is 6.92 Å². The molecule has 2 aromatic carbocycles. The minimum atomic E-state index is -0.197. The number of ether oxygens (including phenoxy) is 4. The second-order valence-electron chi connectivity index (χ2n) is 10.5. The Morgan fingerprint density at radius 3 is 2.45 bits per heavy atom. The van der Waals surface area contributed by atoms with Gasteiger partial charge in [0.25, 0.3) is 5.56 Å². The number of carbonyl (C=O) groups is 1. The average Bonchev–Trinajstić information content (AvgIpc) is 3.50. The molecule has 0 saturated carbocycles. The van der Waals surface area contributed by atoms with Crippen LogP contribution in [0.25, 0.3) is 32.6 Å². The van der Waals surface area contributed by atoms with Crippen molar-refractivity contribution in [2.75, 3.05) is 40.4 Å². The van der Waals surface area contributed by atoms with Crippen molar-refractivity contribution in [3.63, 3.8) is 0 Å². The molecule has 0 N–H and O–H groups in total. The van der Waals surface area contributed by atoms with E-state index in [1.807, 2.05) is 43.5 Å². The maximum atomic E-state index is 14.1. The second-order valence-corrected chi connectivity index (χ2v) is 12.9. The Morgan fingerprint density at radius 2 is 1.73 bits per heavy atom. The summed E-state index contributed by atoms with van der Waals surface area (Å²) in [6, 6.07) is 11.2. The quantitative estimate of drug-likeness (QED) is 0.100. The number of pyridine rings is 3. The summed E-state index contributed by atoms with van der Waals surface area (Å²) >= 11 is 0. The summed E-state index contributed by atoms with van der Waals surface area (Å²) in [5.41, 5.74) is 2.31.